The minimum absolute atomic E-state index is 0.0779. The van der Waals surface area contributed by atoms with E-state index < -0.39 is 23.6 Å². The van der Waals surface area contributed by atoms with Gasteiger partial charge in [0.15, 0.2) is 0 Å². The van der Waals surface area contributed by atoms with Crippen molar-refractivity contribution in [3.05, 3.63) is 89.4 Å². The van der Waals surface area contributed by atoms with Gasteiger partial charge in [-0.15, -0.1) is 0 Å². The standard InChI is InChI=1S/C30H25F3N2O5/c1-3-4-14-38-20-12-13-24-22(16-20)25(17(2)39-24)28(36)35-26-21-10-5-6-11-23(21)40-27(26)29(37)34-19-9-7-8-18(15-19)30(31,32)33/h5-13,15-16H,3-4,14H2,1-2H3,(H,34,37)(H,35,36). The number of hydrogen-bond acceptors (Lipinski definition) is 5. The molecule has 7 nitrogen and oxygen atoms in total. The van der Waals surface area contributed by atoms with Crippen LogP contribution in [0.15, 0.2) is 75.6 Å². The van der Waals surface area contributed by atoms with E-state index in [1.165, 1.54) is 12.1 Å². The zero-order valence-corrected chi connectivity index (χ0v) is 21.6. The van der Waals surface area contributed by atoms with Gasteiger partial charge in [0.2, 0.25) is 5.76 Å². The molecule has 5 aromatic rings. The molecule has 0 unspecified atom stereocenters. The van der Waals surface area contributed by atoms with E-state index in [0.29, 0.717) is 40.1 Å². The lowest BCUT2D eigenvalue weighted by atomic mass is 10.1. The molecule has 0 radical (unpaired) electrons. The summed E-state index contributed by atoms with van der Waals surface area (Å²) in [6, 6.07) is 16.1. The van der Waals surface area contributed by atoms with Crippen LogP contribution in [0.5, 0.6) is 5.75 Å². The van der Waals surface area contributed by atoms with Crippen molar-refractivity contribution in [2.24, 2.45) is 0 Å². The van der Waals surface area contributed by atoms with Crippen LogP contribution in [0.1, 0.15) is 52.0 Å². The molecule has 0 bridgehead atoms. The topological polar surface area (TPSA) is 93.7 Å². The van der Waals surface area contributed by atoms with Gasteiger partial charge >= 0.3 is 6.18 Å². The van der Waals surface area contributed by atoms with Gasteiger partial charge in [0.1, 0.15) is 28.4 Å². The maximum absolute atomic E-state index is 13.6. The molecule has 0 fully saturated rings. The Kier molecular flexibility index (Phi) is 7.25. The third-order valence-corrected chi connectivity index (χ3v) is 6.32. The Morgan fingerprint density at radius 2 is 1.65 bits per heavy atom. The lowest BCUT2D eigenvalue weighted by Crippen LogP contribution is -2.18. The Morgan fingerprint density at radius 3 is 2.42 bits per heavy atom. The molecule has 0 spiro atoms. The second-order valence-corrected chi connectivity index (χ2v) is 9.18. The quantitative estimate of drug-likeness (QED) is 0.190. The maximum atomic E-state index is 13.6. The van der Waals surface area contributed by atoms with Crippen molar-refractivity contribution in [1.29, 1.82) is 0 Å². The fraction of sp³-hybridized carbons (Fsp3) is 0.200. The fourth-order valence-corrected chi connectivity index (χ4v) is 4.37. The van der Waals surface area contributed by atoms with Crippen molar-refractivity contribution >= 4 is 45.1 Å². The van der Waals surface area contributed by atoms with Crippen molar-refractivity contribution in [2.75, 3.05) is 17.2 Å². The molecular weight excluding hydrogens is 525 g/mol. The zero-order chi connectivity index (χ0) is 28.4. The Balaban J connectivity index is 1.48. The summed E-state index contributed by atoms with van der Waals surface area (Å²) in [7, 11) is 0. The van der Waals surface area contributed by atoms with Gasteiger partial charge in [0.05, 0.1) is 17.7 Å². The first-order chi connectivity index (χ1) is 19.2. The molecule has 0 aliphatic carbocycles. The normalized spacial score (nSPS) is 11.6. The first kappa shape index (κ1) is 26.9. The van der Waals surface area contributed by atoms with Gasteiger partial charge in [0, 0.05) is 16.5 Å². The van der Waals surface area contributed by atoms with Crippen molar-refractivity contribution < 1.29 is 36.3 Å². The van der Waals surface area contributed by atoms with Crippen molar-refractivity contribution in [3.63, 3.8) is 0 Å². The molecule has 3 aromatic carbocycles. The SMILES string of the molecule is CCCCOc1ccc2oc(C)c(C(=O)Nc3c(C(=O)Nc4cccc(C(F)(F)F)c4)oc4ccccc34)c2c1. The third-order valence-electron chi connectivity index (χ3n) is 6.32. The third kappa shape index (κ3) is 5.38. The monoisotopic (exact) mass is 550 g/mol. The van der Waals surface area contributed by atoms with Crippen LogP contribution in [0.4, 0.5) is 24.5 Å². The summed E-state index contributed by atoms with van der Waals surface area (Å²) in [4.78, 5) is 26.8. The summed E-state index contributed by atoms with van der Waals surface area (Å²) in [5.41, 5.74) is 0.144. The lowest BCUT2D eigenvalue weighted by molar-refractivity contribution is -0.137. The molecule has 0 aliphatic rings. The first-order valence-corrected chi connectivity index (χ1v) is 12.6. The molecule has 2 amide bonds. The highest BCUT2D eigenvalue weighted by Gasteiger charge is 2.31. The summed E-state index contributed by atoms with van der Waals surface area (Å²) < 4.78 is 56.8. The number of benzene rings is 3. The number of carbonyl (C=O) groups excluding carboxylic acids is 2. The summed E-state index contributed by atoms with van der Waals surface area (Å²) >= 11 is 0. The van der Waals surface area contributed by atoms with E-state index in [2.05, 4.69) is 17.6 Å². The van der Waals surface area contributed by atoms with Gasteiger partial charge in [-0.1, -0.05) is 31.5 Å². The van der Waals surface area contributed by atoms with Crippen LogP contribution < -0.4 is 15.4 Å². The number of hydrogen-bond donors (Lipinski definition) is 2. The van der Waals surface area contributed by atoms with Crippen LogP contribution in [0, 0.1) is 6.92 Å². The van der Waals surface area contributed by atoms with Gasteiger partial charge in [-0.05, 0) is 61.9 Å². The number of fused-ring (bicyclic) bond motifs is 2. The van der Waals surface area contributed by atoms with Crippen LogP contribution in [0.3, 0.4) is 0 Å². The molecule has 0 atom stereocenters. The molecule has 0 aliphatic heterocycles. The second kappa shape index (κ2) is 10.8. The molecule has 0 saturated carbocycles. The number of nitrogens with one attached hydrogen (secondary N) is 2. The second-order valence-electron chi connectivity index (χ2n) is 9.18. The number of amides is 2. The largest absolute Gasteiger partial charge is 0.494 e. The molecule has 2 N–H and O–H groups in total. The fourth-order valence-electron chi connectivity index (χ4n) is 4.37. The van der Waals surface area contributed by atoms with E-state index in [4.69, 9.17) is 13.6 Å². The Bertz CT molecular complexity index is 1720. The van der Waals surface area contributed by atoms with Gasteiger partial charge in [-0.25, -0.2) is 0 Å². The highest BCUT2D eigenvalue weighted by Crippen LogP contribution is 2.35. The Hall–Kier alpha value is -4.73. The zero-order valence-electron chi connectivity index (χ0n) is 21.6. The van der Waals surface area contributed by atoms with Gasteiger partial charge in [-0.2, -0.15) is 13.2 Å². The highest BCUT2D eigenvalue weighted by molar-refractivity contribution is 6.19. The molecule has 40 heavy (non-hydrogen) atoms. The predicted molar refractivity (Wildman–Crippen MR) is 145 cm³/mol. The summed E-state index contributed by atoms with van der Waals surface area (Å²) in [6.07, 6.45) is -2.72. The minimum Gasteiger partial charge on any atom is -0.494 e. The Morgan fingerprint density at radius 1 is 0.875 bits per heavy atom. The van der Waals surface area contributed by atoms with Crippen molar-refractivity contribution in [3.8, 4) is 5.75 Å². The molecule has 206 valence electrons. The van der Waals surface area contributed by atoms with Crippen molar-refractivity contribution in [2.45, 2.75) is 32.9 Å². The lowest BCUT2D eigenvalue weighted by Gasteiger charge is -2.10. The molecule has 10 heteroatoms. The van der Waals surface area contributed by atoms with Crippen LogP contribution in [-0.4, -0.2) is 18.4 Å². The van der Waals surface area contributed by atoms with E-state index in [1.807, 2.05) is 0 Å². The number of furan rings is 2. The van der Waals surface area contributed by atoms with E-state index >= 15 is 0 Å². The van der Waals surface area contributed by atoms with Crippen LogP contribution in [0.25, 0.3) is 21.9 Å². The van der Waals surface area contributed by atoms with Crippen LogP contribution in [-0.2, 0) is 6.18 Å². The van der Waals surface area contributed by atoms with Crippen LogP contribution >= 0.6 is 0 Å². The number of carbonyl (C=O) groups is 2. The van der Waals surface area contributed by atoms with E-state index in [-0.39, 0.29) is 22.7 Å². The minimum atomic E-state index is -4.58. The molecular formula is C30H25F3N2O5. The number of para-hydroxylation sites is 1. The number of ether oxygens (including phenoxy) is 1. The number of unbranched alkanes of at least 4 members (excludes halogenated alkanes) is 1. The maximum Gasteiger partial charge on any atom is 0.416 e. The average Bonchev–Trinajstić information content (AvgIpc) is 3.45. The number of anilines is 2. The number of halogens is 3. The number of alkyl halides is 3. The van der Waals surface area contributed by atoms with Crippen molar-refractivity contribution in [1.82, 2.24) is 0 Å². The smallest absolute Gasteiger partial charge is 0.416 e. The Labute approximate surface area is 226 Å². The molecule has 5 rings (SSSR count). The number of rotatable bonds is 8. The van der Waals surface area contributed by atoms with Gasteiger partial charge in [0.25, 0.3) is 11.8 Å². The van der Waals surface area contributed by atoms with Gasteiger partial charge in [-0.3, -0.25) is 9.59 Å². The van der Waals surface area contributed by atoms with E-state index in [0.717, 1.165) is 25.0 Å². The predicted octanol–water partition coefficient (Wildman–Crippen LogP) is 8.19. The molecule has 2 heterocycles. The summed E-state index contributed by atoms with van der Waals surface area (Å²) in [5, 5.41) is 6.18. The first-order valence-electron chi connectivity index (χ1n) is 12.6. The summed E-state index contributed by atoms with van der Waals surface area (Å²) in [6.45, 7) is 4.25. The van der Waals surface area contributed by atoms with Gasteiger partial charge < -0.3 is 24.2 Å². The number of aryl methyl sites for hydroxylation is 1. The highest BCUT2D eigenvalue weighted by atomic mass is 19.4. The van der Waals surface area contributed by atoms with Crippen LogP contribution in [0.2, 0.25) is 0 Å². The van der Waals surface area contributed by atoms with E-state index in [9.17, 15) is 22.8 Å². The van der Waals surface area contributed by atoms with E-state index in [1.54, 1.807) is 49.4 Å². The average molecular weight is 551 g/mol. The molecule has 2 aromatic heterocycles. The summed E-state index contributed by atoms with van der Waals surface area (Å²) in [5.74, 6) is -0.694. The molecule has 0 saturated heterocycles.